The van der Waals surface area contributed by atoms with Crippen LogP contribution >= 0.6 is 15.6 Å². The van der Waals surface area contributed by atoms with E-state index in [0.717, 1.165) is 108 Å². The molecule has 6 atom stereocenters. The highest BCUT2D eigenvalue weighted by molar-refractivity contribution is 7.47. The van der Waals surface area contributed by atoms with Crippen molar-refractivity contribution in [2.24, 2.45) is 11.8 Å². The first kappa shape index (κ1) is 92.1. The van der Waals surface area contributed by atoms with Crippen molar-refractivity contribution in [1.29, 1.82) is 0 Å². The van der Waals surface area contributed by atoms with Crippen molar-refractivity contribution in [2.75, 3.05) is 39.6 Å². The van der Waals surface area contributed by atoms with Gasteiger partial charge in [0.05, 0.1) is 26.4 Å². The fourth-order valence-corrected chi connectivity index (χ4v) is 13.0. The van der Waals surface area contributed by atoms with Crippen LogP contribution in [-0.4, -0.2) is 96.7 Å². The van der Waals surface area contributed by atoms with Crippen molar-refractivity contribution in [3.05, 3.63) is 0 Å². The number of hydrogen-bond acceptors (Lipinski definition) is 15. The van der Waals surface area contributed by atoms with E-state index in [9.17, 15) is 43.2 Å². The molecule has 0 radical (unpaired) electrons. The summed E-state index contributed by atoms with van der Waals surface area (Å²) >= 11 is 0. The Kier molecular flexibility index (Phi) is 65.5. The maximum Gasteiger partial charge on any atom is 0.472 e. The average Bonchev–Trinajstić information content (AvgIpc) is 2.04. The van der Waals surface area contributed by atoms with Crippen molar-refractivity contribution in [2.45, 2.75) is 407 Å². The molecule has 0 aliphatic heterocycles. The van der Waals surface area contributed by atoms with E-state index in [1.807, 2.05) is 0 Å². The van der Waals surface area contributed by atoms with Crippen LogP contribution in [0.4, 0.5) is 0 Å². The number of esters is 4. The SMILES string of the molecule is CCCCCCCCCCCCCCCCCCCCCCCC(=O)O[C@H](COC(=O)CCCCCCCCCCCCCCCCCC(C)C)COP(=O)(O)OC[C@@H](O)COP(=O)(O)OC[C@@H](COC(=O)CCCCCCC)OC(=O)CCCCCCCCC(C)CC. The molecule has 0 saturated carbocycles. The van der Waals surface area contributed by atoms with Gasteiger partial charge in [0.15, 0.2) is 12.2 Å². The van der Waals surface area contributed by atoms with E-state index >= 15 is 0 Å². The third-order valence-electron chi connectivity index (χ3n) is 17.8. The number of unbranched alkanes of at least 4 members (excludes halogenated alkanes) is 43. The van der Waals surface area contributed by atoms with Gasteiger partial charge >= 0.3 is 39.5 Å². The molecule has 17 nitrogen and oxygen atoms in total. The Balaban J connectivity index is 5.11. The van der Waals surface area contributed by atoms with Gasteiger partial charge in [0, 0.05) is 25.7 Å². The number of rotatable bonds is 74. The molecule has 0 saturated heterocycles. The predicted octanol–water partition coefficient (Wildman–Crippen LogP) is 21.9. The number of phosphoric ester groups is 2. The van der Waals surface area contributed by atoms with E-state index < -0.39 is 97.5 Å². The van der Waals surface area contributed by atoms with Gasteiger partial charge in [-0.2, -0.15) is 0 Å². The summed E-state index contributed by atoms with van der Waals surface area (Å²) in [5, 5.41) is 10.6. The molecule has 0 aromatic heterocycles. The van der Waals surface area contributed by atoms with Gasteiger partial charge in [-0.3, -0.25) is 37.3 Å². The number of ether oxygens (including phenoxy) is 4. The molecule has 0 aromatic carbocycles. The van der Waals surface area contributed by atoms with E-state index in [1.54, 1.807) is 0 Å². The first-order valence-corrected chi connectivity index (χ1v) is 42.0. The summed E-state index contributed by atoms with van der Waals surface area (Å²) < 4.78 is 68.2. The van der Waals surface area contributed by atoms with Crippen LogP contribution in [0.15, 0.2) is 0 Å². The van der Waals surface area contributed by atoms with Crippen molar-refractivity contribution < 1.29 is 80.2 Å². The lowest BCUT2D eigenvalue weighted by molar-refractivity contribution is -0.161. The van der Waals surface area contributed by atoms with Gasteiger partial charge in [-0.1, -0.05) is 337 Å². The van der Waals surface area contributed by atoms with Gasteiger partial charge < -0.3 is 33.8 Å². The summed E-state index contributed by atoms with van der Waals surface area (Å²) in [5.74, 6) is -0.606. The zero-order valence-electron chi connectivity index (χ0n) is 61.3. The van der Waals surface area contributed by atoms with E-state index in [1.165, 1.54) is 199 Å². The molecule has 3 N–H and O–H groups in total. The van der Waals surface area contributed by atoms with Crippen LogP contribution in [0.2, 0.25) is 0 Å². The van der Waals surface area contributed by atoms with Crippen molar-refractivity contribution >= 4 is 39.5 Å². The first-order valence-electron chi connectivity index (χ1n) is 39.0. The Labute approximate surface area is 575 Å². The average molecular weight is 1380 g/mol. The van der Waals surface area contributed by atoms with E-state index in [4.69, 9.17) is 37.0 Å². The molecule has 19 heteroatoms. The summed E-state index contributed by atoms with van der Waals surface area (Å²) in [7, 11) is -9.90. The predicted molar refractivity (Wildman–Crippen MR) is 381 cm³/mol. The zero-order valence-corrected chi connectivity index (χ0v) is 63.1. The zero-order chi connectivity index (χ0) is 69.3. The van der Waals surface area contributed by atoms with Gasteiger partial charge in [0.1, 0.15) is 19.3 Å². The molecule has 0 rings (SSSR count). The third-order valence-corrected chi connectivity index (χ3v) is 19.7. The smallest absolute Gasteiger partial charge is 0.462 e. The molecule has 0 aliphatic carbocycles. The van der Waals surface area contributed by atoms with Crippen LogP contribution in [0.5, 0.6) is 0 Å². The summed E-state index contributed by atoms with van der Waals surface area (Å²) in [6.07, 6.45) is 54.8. The topological polar surface area (TPSA) is 237 Å². The van der Waals surface area contributed by atoms with Gasteiger partial charge in [-0.25, -0.2) is 9.13 Å². The highest BCUT2D eigenvalue weighted by Crippen LogP contribution is 2.45. The second kappa shape index (κ2) is 66.9. The summed E-state index contributed by atoms with van der Waals surface area (Å²) in [6, 6.07) is 0. The van der Waals surface area contributed by atoms with Crippen LogP contribution in [0.3, 0.4) is 0 Å². The number of phosphoric acid groups is 2. The molecule has 558 valence electrons. The summed E-state index contributed by atoms with van der Waals surface area (Å²) in [6.45, 7) is 9.47. The molecule has 0 amide bonds. The Morgan fingerprint density at radius 2 is 0.543 bits per heavy atom. The Bertz CT molecular complexity index is 1820. The molecular weight excluding hydrogens is 1230 g/mol. The summed E-state index contributed by atoms with van der Waals surface area (Å²) in [5.41, 5.74) is 0. The minimum absolute atomic E-state index is 0.102. The number of aliphatic hydroxyl groups is 1. The highest BCUT2D eigenvalue weighted by atomic mass is 31.2. The minimum Gasteiger partial charge on any atom is -0.462 e. The summed E-state index contributed by atoms with van der Waals surface area (Å²) in [4.78, 5) is 72.4. The minimum atomic E-state index is -4.95. The van der Waals surface area contributed by atoms with Crippen molar-refractivity contribution in [1.82, 2.24) is 0 Å². The molecule has 0 fully saturated rings. The van der Waals surface area contributed by atoms with Gasteiger partial charge in [0.25, 0.3) is 0 Å². The Hall–Kier alpha value is -1.94. The van der Waals surface area contributed by atoms with Gasteiger partial charge in [0.2, 0.25) is 0 Å². The monoisotopic (exact) mass is 1380 g/mol. The third kappa shape index (κ3) is 67.3. The molecule has 0 spiro atoms. The molecule has 0 bridgehead atoms. The number of aliphatic hydroxyl groups excluding tert-OH is 1. The number of carbonyl (C=O) groups is 4. The Morgan fingerprint density at radius 3 is 0.809 bits per heavy atom. The maximum atomic E-state index is 13.1. The molecular formula is C75H146O17P2. The molecule has 0 aliphatic rings. The Morgan fingerprint density at radius 1 is 0.309 bits per heavy atom. The number of hydrogen-bond donors (Lipinski definition) is 3. The lowest BCUT2D eigenvalue weighted by Gasteiger charge is -2.21. The second-order valence-electron chi connectivity index (χ2n) is 27.8. The van der Waals surface area contributed by atoms with Crippen molar-refractivity contribution in [3.63, 3.8) is 0 Å². The lowest BCUT2D eigenvalue weighted by Crippen LogP contribution is -2.30. The molecule has 94 heavy (non-hydrogen) atoms. The van der Waals surface area contributed by atoms with Crippen molar-refractivity contribution in [3.8, 4) is 0 Å². The standard InChI is InChI=1S/C75H146O17P2/c1-7-10-12-14-15-16-17-18-19-20-21-22-23-24-27-31-34-37-40-47-53-59-74(79)91-71(64-86-73(78)58-52-46-39-36-33-30-28-25-26-29-32-35-38-44-49-55-67(4)5)66-90-94(83,84)88-62-69(76)61-87-93(81,82)89-65-70(63-85-72(77)57-51-43-13-11-8-2)92-75(80)60-54-48-42-41-45-50-56-68(6)9-3/h67-71,76H,7-66H2,1-6H3,(H,81,82)(H,83,84)/t68?,69-,70+,71+/m0/s1. The second-order valence-corrected chi connectivity index (χ2v) is 30.7. The fourth-order valence-electron chi connectivity index (χ4n) is 11.4. The van der Waals surface area contributed by atoms with Crippen LogP contribution in [0.25, 0.3) is 0 Å². The fraction of sp³-hybridized carbons (Fsp3) is 0.947. The molecule has 0 heterocycles. The molecule has 3 unspecified atom stereocenters. The van der Waals surface area contributed by atoms with Gasteiger partial charge in [-0.15, -0.1) is 0 Å². The first-order chi connectivity index (χ1) is 45.4. The maximum absolute atomic E-state index is 13.1. The molecule has 0 aromatic rings. The van der Waals surface area contributed by atoms with Crippen LogP contribution in [0.1, 0.15) is 388 Å². The van der Waals surface area contributed by atoms with Crippen LogP contribution in [-0.2, 0) is 65.4 Å². The largest absolute Gasteiger partial charge is 0.472 e. The van der Waals surface area contributed by atoms with E-state index in [0.29, 0.717) is 25.7 Å². The van der Waals surface area contributed by atoms with Gasteiger partial charge in [-0.05, 0) is 37.5 Å². The van der Waals surface area contributed by atoms with E-state index in [2.05, 4.69) is 41.5 Å². The number of carbonyl (C=O) groups excluding carboxylic acids is 4. The normalized spacial score (nSPS) is 14.3. The van der Waals surface area contributed by atoms with E-state index in [-0.39, 0.29) is 25.7 Å². The quantitative estimate of drug-likeness (QED) is 0.0222. The van der Waals surface area contributed by atoms with Crippen LogP contribution in [0, 0.1) is 11.8 Å². The highest BCUT2D eigenvalue weighted by Gasteiger charge is 2.30. The van der Waals surface area contributed by atoms with Crippen LogP contribution < -0.4 is 0 Å². The lowest BCUT2D eigenvalue weighted by atomic mass is 10.00.